The Morgan fingerprint density at radius 3 is 2.32 bits per heavy atom. The predicted molar refractivity (Wildman–Crippen MR) is 150 cm³/mol. The molecule has 0 unspecified atom stereocenters. The zero-order valence-electron chi connectivity index (χ0n) is 20.5. The lowest BCUT2D eigenvalue weighted by Gasteiger charge is -2.25. The maximum absolute atomic E-state index is 13.5. The van der Waals surface area contributed by atoms with E-state index in [1.807, 2.05) is 60.7 Å². The molecule has 1 aromatic heterocycles. The molecule has 0 aliphatic heterocycles. The van der Waals surface area contributed by atoms with E-state index >= 15 is 0 Å². The minimum Gasteiger partial charge on any atom is -0.497 e. The van der Waals surface area contributed by atoms with Gasteiger partial charge in [0.1, 0.15) is 5.75 Å². The number of methoxy groups -OCH3 is 1. The van der Waals surface area contributed by atoms with Gasteiger partial charge >= 0.3 is 0 Å². The van der Waals surface area contributed by atoms with E-state index in [1.54, 1.807) is 18.9 Å². The maximum atomic E-state index is 13.5. The second kappa shape index (κ2) is 11.7. The minimum absolute atomic E-state index is 0.0932. The molecule has 0 spiro atoms. The Hall–Kier alpha value is -3.55. The Morgan fingerprint density at radius 1 is 1.00 bits per heavy atom. The van der Waals surface area contributed by atoms with E-state index in [4.69, 9.17) is 4.74 Å². The SMILES string of the molecule is COc1ccc([C@H]2C/C(=N\O)c3c(SCc4ccccc4)sc(C(=O)NCc4ccccc4)c3C2)cc1. The van der Waals surface area contributed by atoms with Crippen LogP contribution in [0.5, 0.6) is 5.75 Å². The molecule has 0 bridgehead atoms. The molecule has 0 saturated heterocycles. The second-order valence-corrected chi connectivity index (χ2v) is 11.2. The number of nitrogens with zero attached hydrogens (tertiary/aromatic N) is 1. The van der Waals surface area contributed by atoms with Crippen LogP contribution >= 0.6 is 23.1 Å². The first-order valence-corrected chi connectivity index (χ1v) is 14.0. The van der Waals surface area contributed by atoms with E-state index in [0.717, 1.165) is 38.0 Å². The second-order valence-electron chi connectivity index (χ2n) is 8.94. The molecule has 0 saturated carbocycles. The van der Waals surface area contributed by atoms with Crippen molar-refractivity contribution in [2.45, 2.75) is 35.3 Å². The van der Waals surface area contributed by atoms with Crippen LogP contribution in [0.2, 0.25) is 0 Å². The summed E-state index contributed by atoms with van der Waals surface area (Å²) in [4.78, 5) is 14.2. The van der Waals surface area contributed by atoms with Crippen molar-refractivity contribution in [2.75, 3.05) is 7.11 Å². The highest BCUT2D eigenvalue weighted by Crippen LogP contribution is 2.45. The normalized spacial score (nSPS) is 15.8. The van der Waals surface area contributed by atoms with Crippen LogP contribution in [0.4, 0.5) is 0 Å². The van der Waals surface area contributed by atoms with Gasteiger partial charge in [-0.25, -0.2) is 0 Å². The van der Waals surface area contributed by atoms with Crippen molar-refractivity contribution in [3.05, 3.63) is 118 Å². The third-order valence-corrected chi connectivity index (χ3v) is 9.15. The Balaban J connectivity index is 1.47. The van der Waals surface area contributed by atoms with Crippen molar-refractivity contribution in [1.82, 2.24) is 5.32 Å². The Bertz CT molecular complexity index is 1380. The van der Waals surface area contributed by atoms with E-state index in [9.17, 15) is 10.0 Å². The molecule has 0 fully saturated rings. The molecule has 5 rings (SSSR count). The molecule has 37 heavy (non-hydrogen) atoms. The van der Waals surface area contributed by atoms with Gasteiger partial charge in [-0.1, -0.05) is 78.0 Å². The fourth-order valence-electron chi connectivity index (χ4n) is 4.65. The van der Waals surface area contributed by atoms with Crippen molar-refractivity contribution in [3.63, 3.8) is 0 Å². The van der Waals surface area contributed by atoms with Crippen molar-refractivity contribution in [1.29, 1.82) is 0 Å². The lowest BCUT2D eigenvalue weighted by atomic mass is 9.80. The highest BCUT2D eigenvalue weighted by Gasteiger charge is 2.34. The number of carbonyl (C=O) groups excluding carboxylic acids is 1. The number of rotatable bonds is 8. The molecule has 1 amide bonds. The van der Waals surface area contributed by atoms with E-state index in [-0.39, 0.29) is 11.8 Å². The monoisotopic (exact) mass is 528 g/mol. The molecule has 1 aliphatic rings. The number of thiophene rings is 1. The van der Waals surface area contributed by atoms with Gasteiger partial charge in [0, 0.05) is 24.3 Å². The fraction of sp³-hybridized carbons (Fsp3) is 0.200. The number of oxime groups is 1. The Labute approximate surface area is 225 Å². The van der Waals surface area contributed by atoms with Crippen molar-refractivity contribution < 1.29 is 14.7 Å². The highest BCUT2D eigenvalue weighted by molar-refractivity contribution is 8.00. The van der Waals surface area contributed by atoms with E-state index in [0.29, 0.717) is 30.0 Å². The van der Waals surface area contributed by atoms with Crippen LogP contribution in [-0.2, 0) is 18.7 Å². The van der Waals surface area contributed by atoms with E-state index in [2.05, 4.69) is 34.7 Å². The van der Waals surface area contributed by atoms with Gasteiger partial charge in [-0.05, 0) is 46.7 Å². The third kappa shape index (κ3) is 5.73. The van der Waals surface area contributed by atoms with Crippen molar-refractivity contribution in [2.24, 2.45) is 5.16 Å². The molecule has 188 valence electrons. The number of thioether (sulfide) groups is 1. The van der Waals surface area contributed by atoms with Crippen LogP contribution < -0.4 is 10.1 Å². The summed E-state index contributed by atoms with van der Waals surface area (Å²) in [6.45, 7) is 0.460. The van der Waals surface area contributed by atoms with Gasteiger partial charge in [0.2, 0.25) is 0 Å². The summed E-state index contributed by atoms with van der Waals surface area (Å²) in [6, 6.07) is 28.2. The molecule has 1 aliphatic carbocycles. The Kier molecular flexibility index (Phi) is 7.92. The van der Waals surface area contributed by atoms with Gasteiger partial charge in [0.25, 0.3) is 5.91 Å². The molecule has 3 aromatic carbocycles. The molecule has 7 heteroatoms. The summed E-state index contributed by atoms with van der Waals surface area (Å²) in [5.74, 6) is 1.59. The molecule has 2 N–H and O–H groups in total. The van der Waals surface area contributed by atoms with Crippen LogP contribution in [0, 0.1) is 0 Å². The van der Waals surface area contributed by atoms with Gasteiger partial charge < -0.3 is 15.3 Å². The van der Waals surface area contributed by atoms with Crippen LogP contribution in [0.15, 0.2) is 94.3 Å². The first kappa shape index (κ1) is 25.1. The molecule has 0 radical (unpaired) electrons. The smallest absolute Gasteiger partial charge is 0.261 e. The van der Waals surface area contributed by atoms with Crippen molar-refractivity contribution in [3.8, 4) is 5.75 Å². The fourth-order valence-corrected chi connectivity index (χ4v) is 7.19. The number of hydrogen-bond donors (Lipinski definition) is 2. The number of ether oxygens (including phenoxy) is 1. The van der Waals surface area contributed by atoms with Crippen LogP contribution in [0.3, 0.4) is 0 Å². The number of hydrogen-bond acceptors (Lipinski definition) is 6. The third-order valence-electron chi connectivity index (χ3n) is 6.58. The molecule has 4 aromatic rings. The Morgan fingerprint density at radius 2 is 1.68 bits per heavy atom. The highest BCUT2D eigenvalue weighted by atomic mass is 32.2. The number of amides is 1. The predicted octanol–water partition coefficient (Wildman–Crippen LogP) is 6.89. The summed E-state index contributed by atoms with van der Waals surface area (Å²) in [7, 11) is 1.65. The quantitative estimate of drug-likeness (QED) is 0.148. The van der Waals surface area contributed by atoms with E-state index in [1.165, 1.54) is 16.9 Å². The number of nitrogens with one attached hydrogen (secondary N) is 1. The first-order chi connectivity index (χ1) is 18.2. The number of fused-ring (bicyclic) bond motifs is 1. The minimum atomic E-state index is -0.0932. The van der Waals surface area contributed by atoms with Crippen LogP contribution in [-0.4, -0.2) is 23.9 Å². The summed E-state index contributed by atoms with van der Waals surface area (Å²) >= 11 is 3.19. The molecule has 1 heterocycles. The summed E-state index contributed by atoms with van der Waals surface area (Å²) < 4.78 is 6.34. The summed E-state index contributed by atoms with van der Waals surface area (Å²) in [5.41, 5.74) is 5.91. The van der Waals surface area contributed by atoms with Crippen LogP contribution in [0.1, 0.15) is 49.8 Å². The number of benzene rings is 3. The standard InChI is InChI=1S/C30H28N2O3S2/c1-35-24-14-12-22(13-15-24)23-16-25-27(26(17-23)32-34)30(36-19-21-10-6-3-7-11-21)37-28(25)29(33)31-18-20-8-4-2-5-9-20/h2-15,23,34H,16-19H2,1H3,(H,31,33)/b32-26+/t23-/m1/s1. The largest absolute Gasteiger partial charge is 0.497 e. The zero-order chi connectivity index (χ0) is 25.6. The molecule has 5 nitrogen and oxygen atoms in total. The van der Waals surface area contributed by atoms with Crippen LogP contribution in [0.25, 0.3) is 0 Å². The molecule has 1 atom stereocenters. The topological polar surface area (TPSA) is 70.9 Å². The first-order valence-electron chi connectivity index (χ1n) is 12.2. The van der Waals surface area contributed by atoms with Crippen molar-refractivity contribution >= 4 is 34.7 Å². The van der Waals surface area contributed by atoms with Gasteiger partial charge in [-0.15, -0.1) is 23.1 Å². The average Bonchev–Trinajstić information content (AvgIpc) is 3.34. The molecular weight excluding hydrogens is 500 g/mol. The average molecular weight is 529 g/mol. The van der Waals surface area contributed by atoms with Gasteiger partial charge in [0.15, 0.2) is 0 Å². The van der Waals surface area contributed by atoms with Gasteiger partial charge in [-0.2, -0.15) is 0 Å². The summed E-state index contributed by atoms with van der Waals surface area (Å²) in [6.07, 6.45) is 1.31. The lowest BCUT2D eigenvalue weighted by Crippen LogP contribution is -2.25. The van der Waals surface area contributed by atoms with Gasteiger partial charge in [0.05, 0.1) is 21.9 Å². The maximum Gasteiger partial charge on any atom is 0.261 e. The zero-order valence-corrected chi connectivity index (χ0v) is 22.1. The lowest BCUT2D eigenvalue weighted by molar-refractivity contribution is 0.0954. The molecular formula is C30H28N2O3S2. The summed E-state index contributed by atoms with van der Waals surface area (Å²) in [5, 5.41) is 16.9. The number of carbonyl (C=O) groups is 1. The van der Waals surface area contributed by atoms with E-state index < -0.39 is 0 Å². The van der Waals surface area contributed by atoms with Gasteiger partial charge in [-0.3, -0.25) is 4.79 Å².